The Morgan fingerprint density at radius 3 is 2.57 bits per heavy atom. The lowest BCUT2D eigenvalue weighted by Crippen LogP contribution is -2.45. The van der Waals surface area contributed by atoms with Gasteiger partial charge in [-0.25, -0.2) is 8.78 Å². The number of nitrogens with one attached hydrogen (secondary N) is 2. The highest BCUT2D eigenvalue weighted by molar-refractivity contribution is 14.0. The molecule has 0 bridgehead atoms. The number of halogens is 3. The zero-order chi connectivity index (χ0) is 19.8. The molecule has 1 aromatic rings. The second-order valence-electron chi connectivity index (χ2n) is 7.43. The van der Waals surface area contributed by atoms with Crippen molar-refractivity contribution in [2.75, 3.05) is 45.2 Å². The molecule has 0 amide bonds. The summed E-state index contributed by atoms with van der Waals surface area (Å²) in [5, 5.41) is 6.69. The first kappa shape index (κ1) is 24.9. The quantitative estimate of drug-likeness (QED) is 0.244. The van der Waals surface area contributed by atoms with Crippen LogP contribution in [0.4, 0.5) is 14.5 Å². The molecule has 0 saturated carbocycles. The van der Waals surface area contributed by atoms with Crippen LogP contribution >= 0.6 is 24.0 Å². The van der Waals surface area contributed by atoms with Crippen molar-refractivity contribution in [2.45, 2.75) is 45.2 Å². The van der Waals surface area contributed by atoms with E-state index in [1.54, 1.807) is 11.9 Å². The molecule has 1 fully saturated rings. The molecule has 0 spiro atoms. The standard InChI is InChI=1S/C20H33F2N5.HI/c1-15(2)26(4)12-6-5-11-24-20(23-3)25-16-10-13-27(14-16)19-17(21)8-7-9-18(19)22;/h7-9,15-16H,5-6,10-14H2,1-4H3,(H2,23,24,25);1H. The Bertz CT molecular complexity index is 606. The normalized spacial score (nSPS) is 17.2. The number of hydrogen-bond donors (Lipinski definition) is 2. The van der Waals surface area contributed by atoms with E-state index >= 15 is 0 Å². The van der Waals surface area contributed by atoms with Gasteiger partial charge >= 0.3 is 0 Å². The fraction of sp³-hybridized carbons (Fsp3) is 0.650. The van der Waals surface area contributed by atoms with E-state index < -0.39 is 11.6 Å². The SMILES string of the molecule is CN=C(NCCCCN(C)C(C)C)NC1CCN(c2c(F)cccc2F)C1.I. The lowest BCUT2D eigenvalue weighted by atomic mass is 10.2. The van der Waals surface area contributed by atoms with Gasteiger partial charge in [0.25, 0.3) is 0 Å². The molecule has 1 unspecified atom stereocenters. The van der Waals surface area contributed by atoms with Gasteiger partial charge in [0.2, 0.25) is 0 Å². The number of unbranched alkanes of at least 4 members (excludes halogenated alkanes) is 1. The van der Waals surface area contributed by atoms with Crippen LogP contribution in [0.5, 0.6) is 0 Å². The maximum Gasteiger partial charge on any atom is 0.191 e. The Morgan fingerprint density at radius 2 is 1.96 bits per heavy atom. The van der Waals surface area contributed by atoms with Gasteiger partial charge in [-0.05, 0) is 58.8 Å². The van der Waals surface area contributed by atoms with Crippen LogP contribution in [-0.4, -0.2) is 63.2 Å². The number of guanidine groups is 1. The van der Waals surface area contributed by atoms with Gasteiger partial charge in [-0.3, -0.25) is 4.99 Å². The predicted molar refractivity (Wildman–Crippen MR) is 124 cm³/mol. The van der Waals surface area contributed by atoms with Crippen LogP contribution in [-0.2, 0) is 0 Å². The Labute approximate surface area is 185 Å². The van der Waals surface area contributed by atoms with Gasteiger partial charge < -0.3 is 20.4 Å². The van der Waals surface area contributed by atoms with Crippen LogP contribution in [0, 0.1) is 11.6 Å². The molecule has 0 aromatic heterocycles. The maximum atomic E-state index is 14.0. The highest BCUT2D eigenvalue weighted by Crippen LogP contribution is 2.26. The topological polar surface area (TPSA) is 42.9 Å². The highest BCUT2D eigenvalue weighted by Gasteiger charge is 2.27. The van der Waals surface area contributed by atoms with Gasteiger partial charge in [0, 0.05) is 38.8 Å². The molecule has 0 radical (unpaired) electrons. The number of aliphatic imine (C=N–C) groups is 1. The second kappa shape index (κ2) is 12.4. The van der Waals surface area contributed by atoms with Crippen LogP contribution in [0.15, 0.2) is 23.2 Å². The van der Waals surface area contributed by atoms with Gasteiger partial charge in [0.05, 0.1) is 0 Å². The largest absolute Gasteiger partial charge is 0.365 e. The van der Waals surface area contributed by atoms with E-state index in [0.29, 0.717) is 19.1 Å². The van der Waals surface area contributed by atoms with Crippen molar-refractivity contribution in [3.05, 3.63) is 29.8 Å². The smallest absolute Gasteiger partial charge is 0.191 e. The minimum Gasteiger partial charge on any atom is -0.365 e. The number of benzene rings is 1. The van der Waals surface area contributed by atoms with Crippen LogP contribution in [0.2, 0.25) is 0 Å². The Morgan fingerprint density at radius 1 is 1.29 bits per heavy atom. The summed E-state index contributed by atoms with van der Waals surface area (Å²) in [5.74, 6) is -0.276. The molecule has 1 aliphatic rings. The van der Waals surface area contributed by atoms with E-state index in [0.717, 1.165) is 38.3 Å². The summed E-state index contributed by atoms with van der Waals surface area (Å²) in [5.41, 5.74) is 0.0685. The zero-order valence-electron chi connectivity index (χ0n) is 17.3. The summed E-state index contributed by atoms with van der Waals surface area (Å²) >= 11 is 0. The molecule has 5 nitrogen and oxygen atoms in total. The van der Waals surface area contributed by atoms with E-state index in [1.807, 2.05) is 0 Å². The van der Waals surface area contributed by atoms with Crippen LogP contribution in [0.25, 0.3) is 0 Å². The van der Waals surface area contributed by atoms with Gasteiger partial charge in [-0.15, -0.1) is 24.0 Å². The molecule has 28 heavy (non-hydrogen) atoms. The van der Waals surface area contributed by atoms with Crippen molar-refractivity contribution in [2.24, 2.45) is 4.99 Å². The molecule has 1 atom stereocenters. The van der Waals surface area contributed by atoms with Gasteiger partial charge in [-0.2, -0.15) is 0 Å². The number of hydrogen-bond acceptors (Lipinski definition) is 3. The van der Waals surface area contributed by atoms with Crippen molar-refractivity contribution in [3.8, 4) is 0 Å². The minimum absolute atomic E-state index is 0. The molecule has 1 heterocycles. The van der Waals surface area contributed by atoms with E-state index in [2.05, 4.69) is 41.4 Å². The Hall–Kier alpha value is -1.16. The first-order valence-corrected chi connectivity index (χ1v) is 9.78. The molecule has 8 heteroatoms. The number of nitrogens with zero attached hydrogens (tertiary/aromatic N) is 3. The summed E-state index contributed by atoms with van der Waals surface area (Å²) in [6, 6.07) is 4.68. The van der Waals surface area contributed by atoms with Crippen molar-refractivity contribution < 1.29 is 8.78 Å². The van der Waals surface area contributed by atoms with Crippen LogP contribution < -0.4 is 15.5 Å². The van der Waals surface area contributed by atoms with Crippen LogP contribution in [0.3, 0.4) is 0 Å². The lowest BCUT2D eigenvalue weighted by molar-refractivity contribution is 0.268. The second-order valence-corrected chi connectivity index (χ2v) is 7.43. The summed E-state index contributed by atoms with van der Waals surface area (Å²) in [4.78, 5) is 8.36. The lowest BCUT2D eigenvalue weighted by Gasteiger charge is -2.22. The molecule has 1 aromatic carbocycles. The highest BCUT2D eigenvalue weighted by atomic mass is 127. The molecule has 2 rings (SSSR count). The van der Waals surface area contributed by atoms with E-state index in [-0.39, 0.29) is 35.7 Å². The molecular weight excluding hydrogens is 475 g/mol. The zero-order valence-corrected chi connectivity index (χ0v) is 19.7. The van der Waals surface area contributed by atoms with E-state index in [9.17, 15) is 8.78 Å². The van der Waals surface area contributed by atoms with Gasteiger partial charge in [0.15, 0.2) is 5.96 Å². The third-order valence-corrected chi connectivity index (χ3v) is 5.12. The van der Waals surface area contributed by atoms with Gasteiger partial charge in [-0.1, -0.05) is 6.07 Å². The molecule has 0 aliphatic carbocycles. The predicted octanol–water partition coefficient (Wildman–Crippen LogP) is 3.45. The fourth-order valence-corrected chi connectivity index (χ4v) is 3.21. The average molecular weight is 509 g/mol. The van der Waals surface area contributed by atoms with Crippen molar-refractivity contribution in [1.29, 1.82) is 0 Å². The molecule has 1 aliphatic heterocycles. The monoisotopic (exact) mass is 509 g/mol. The number of anilines is 1. The first-order chi connectivity index (χ1) is 12.9. The summed E-state index contributed by atoms with van der Waals surface area (Å²) in [6.07, 6.45) is 3.01. The Kier molecular flexibility index (Phi) is 11.0. The van der Waals surface area contributed by atoms with Crippen LogP contribution in [0.1, 0.15) is 33.1 Å². The first-order valence-electron chi connectivity index (χ1n) is 9.78. The molecule has 2 N–H and O–H groups in total. The molecular formula is C20H34F2IN5. The third kappa shape index (κ3) is 7.35. The minimum atomic E-state index is -0.510. The Balaban J connectivity index is 0.00000392. The molecule has 160 valence electrons. The van der Waals surface area contributed by atoms with Crippen molar-refractivity contribution >= 4 is 35.6 Å². The van der Waals surface area contributed by atoms with Gasteiger partial charge in [0.1, 0.15) is 17.3 Å². The maximum absolute atomic E-state index is 14.0. The van der Waals surface area contributed by atoms with Crippen molar-refractivity contribution in [1.82, 2.24) is 15.5 Å². The number of rotatable bonds is 8. The van der Waals surface area contributed by atoms with E-state index in [4.69, 9.17) is 0 Å². The summed E-state index contributed by atoms with van der Waals surface area (Å²) < 4.78 is 27.9. The number of para-hydroxylation sites is 1. The summed E-state index contributed by atoms with van der Waals surface area (Å²) in [6.45, 7) is 7.50. The fourth-order valence-electron chi connectivity index (χ4n) is 3.21. The third-order valence-electron chi connectivity index (χ3n) is 5.12. The average Bonchev–Trinajstić information content (AvgIpc) is 3.08. The van der Waals surface area contributed by atoms with E-state index in [1.165, 1.54) is 18.2 Å². The molecule has 1 saturated heterocycles. The van der Waals surface area contributed by atoms with Crippen molar-refractivity contribution in [3.63, 3.8) is 0 Å². The summed E-state index contributed by atoms with van der Waals surface area (Å²) in [7, 11) is 3.88.